The number of aliphatic hydroxyl groups excluding tert-OH is 1. The summed E-state index contributed by atoms with van der Waals surface area (Å²) in [6.45, 7) is 3.72. The van der Waals surface area contributed by atoms with E-state index < -0.39 is 0 Å². The maximum absolute atomic E-state index is 8.74. The molecule has 0 amide bonds. The van der Waals surface area contributed by atoms with Gasteiger partial charge in [-0.25, -0.2) is 0 Å². The predicted octanol–water partition coefficient (Wildman–Crippen LogP) is 1.15. The van der Waals surface area contributed by atoms with Crippen molar-refractivity contribution in [3.05, 3.63) is 0 Å². The lowest BCUT2D eigenvalue weighted by molar-refractivity contribution is 0.223. The maximum atomic E-state index is 8.74. The molecule has 1 aliphatic rings. The molecule has 0 saturated carbocycles. The first-order chi connectivity index (χ1) is 5.34. The Kier molecular flexibility index (Phi) is 3.87. The van der Waals surface area contributed by atoms with Gasteiger partial charge in [-0.15, -0.1) is 0 Å². The van der Waals surface area contributed by atoms with Crippen LogP contribution < -0.4 is 5.32 Å². The van der Waals surface area contributed by atoms with Gasteiger partial charge in [-0.1, -0.05) is 13.3 Å². The van der Waals surface area contributed by atoms with Crippen LogP contribution in [0.1, 0.15) is 32.6 Å². The topological polar surface area (TPSA) is 32.3 Å². The summed E-state index contributed by atoms with van der Waals surface area (Å²) in [6, 6.07) is 0.663. The standard InChI is InChI=1S/C9H19NO/c1-8(5-7-11)9-4-2-3-6-10-9/h8-11H,2-7H2,1H3. The normalized spacial score (nSPS) is 28.4. The van der Waals surface area contributed by atoms with E-state index in [1.807, 2.05) is 0 Å². The highest BCUT2D eigenvalue weighted by molar-refractivity contribution is 4.76. The number of nitrogens with one attached hydrogen (secondary N) is 1. The van der Waals surface area contributed by atoms with Crippen molar-refractivity contribution in [2.45, 2.75) is 38.6 Å². The Morgan fingerprint density at radius 3 is 2.91 bits per heavy atom. The van der Waals surface area contributed by atoms with Crippen LogP contribution in [0.5, 0.6) is 0 Å². The first-order valence-electron chi connectivity index (χ1n) is 4.69. The quantitative estimate of drug-likeness (QED) is 0.644. The highest BCUT2D eigenvalue weighted by atomic mass is 16.3. The average molecular weight is 157 g/mol. The number of hydrogen-bond acceptors (Lipinski definition) is 2. The van der Waals surface area contributed by atoms with Gasteiger partial charge in [0.25, 0.3) is 0 Å². The summed E-state index contributed by atoms with van der Waals surface area (Å²) < 4.78 is 0. The Hall–Kier alpha value is -0.0800. The van der Waals surface area contributed by atoms with E-state index in [0.717, 1.165) is 6.42 Å². The molecule has 2 atom stereocenters. The van der Waals surface area contributed by atoms with E-state index in [1.54, 1.807) is 0 Å². The number of rotatable bonds is 3. The highest BCUT2D eigenvalue weighted by Crippen LogP contribution is 2.16. The third-order valence-electron chi connectivity index (χ3n) is 2.62. The largest absolute Gasteiger partial charge is 0.396 e. The molecule has 2 unspecified atom stereocenters. The molecule has 1 fully saturated rings. The van der Waals surface area contributed by atoms with Gasteiger partial charge in [0.05, 0.1) is 0 Å². The Morgan fingerprint density at radius 1 is 1.55 bits per heavy atom. The summed E-state index contributed by atoms with van der Waals surface area (Å²) in [6.07, 6.45) is 4.91. The van der Waals surface area contributed by atoms with Gasteiger partial charge in [-0.3, -0.25) is 0 Å². The number of piperidine rings is 1. The Morgan fingerprint density at radius 2 is 2.36 bits per heavy atom. The van der Waals surface area contributed by atoms with Crippen LogP contribution >= 0.6 is 0 Å². The molecule has 0 aliphatic carbocycles. The Balaban J connectivity index is 2.21. The molecule has 0 bridgehead atoms. The van der Waals surface area contributed by atoms with E-state index in [1.165, 1.54) is 25.8 Å². The third kappa shape index (κ3) is 2.80. The molecule has 2 N–H and O–H groups in total. The van der Waals surface area contributed by atoms with Crippen molar-refractivity contribution < 1.29 is 5.11 Å². The minimum absolute atomic E-state index is 0.333. The van der Waals surface area contributed by atoms with Crippen LogP contribution in [0.25, 0.3) is 0 Å². The van der Waals surface area contributed by atoms with E-state index in [4.69, 9.17) is 5.11 Å². The van der Waals surface area contributed by atoms with Crippen LogP contribution in [0.15, 0.2) is 0 Å². The molecule has 1 rings (SSSR count). The second kappa shape index (κ2) is 4.73. The Labute approximate surface area is 69.0 Å². The fourth-order valence-corrected chi connectivity index (χ4v) is 1.77. The summed E-state index contributed by atoms with van der Waals surface area (Å²) in [5.41, 5.74) is 0. The minimum atomic E-state index is 0.333. The third-order valence-corrected chi connectivity index (χ3v) is 2.62. The van der Waals surface area contributed by atoms with E-state index in [0.29, 0.717) is 18.6 Å². The lowest BCUT2D eigenvalue weighted by Crippen LogP contribution is -2.39. The van der Waals surface area contributed by atoms with Gasteiger partial charge in [0.1, 0.15) is 0 Å². The molecule has 66 valence electrons. The monoisotopic (exact) mass is 157 g/mol. The van der Waals surface area contributed by atoms with Gasteiger partial charge in [-0.05, 0) is 31.7 Å². The summed E-state index contributed by atoms with van der Waals surface area (Å²) in [5, 5.41) is 12.2. The molecule has 1 heterocycles. The van der Waals surface area contributed by atoms with E-state index >= 15 is 0 Å². The second-order valence-electron chi connectivity index (χ2n) is 3.55. The molecule has 0 spiro atoms. The van der Waals surface area contributed by atoms with E-state index in [9.17, 15) is 0 Å². The van der Waals surface area contributed by atoms with Crippen molar-refractivity contribution in [1.82, 2.24) is 5.32 Å². The summed E-state index contributed by atoms with van der Waals surface area (Å²) >= 11 is 0. The molecule has 11 heavy (non-hydrogen) atoms. The van der Waals surface area contributed by atoms with Crippen molar-refractivity contribution in [3.63, 3.8) is 0 Å². The summed E-state index contributed by atoms with van der Waals surface area (Å²) in [4.78, 5) is 0. The fraction of sp³-hybridized carbons (Fsp3) is 1.00. The summed E-state index contributed by atoms with van der Waals surface area (Å²) in [7, 11) is 0. The first-order valence-corrected chi connectivity index (χ1v) is 4.69. The molecule has 0 aromatic rings. The predicted molar refractivity (Wildman–Crippen MR) is 46.5 cm³/mol. The second-order valence-corrected chi connectivity index (χ2v) is 3.55. The molecular formula is C9H19NO. The molecule has 1 saturated heterocycles. The minimum Gasteiger partial charge on any atom is -0.396 e. The fourth-order valence-electron chi connectivity index (χ4n) is 1.77. The van der Waals surface area contributed by atoms with Crippen LogP contribution in [0.4, 0.5) is 0 Å². The smallest absolute Gasteiger partial charge is 0.0434 e. The molecule has 0 aromatic heterocycles. The van der Waals surface area contributed by atoms with Gasteiger partial charge in [0, 0.05) is 12.6 Å². The van der Waals surface area contributed by atoms with Gasteiger partial charge < -0.3 is 10.4 Å². The zero-order valence-electron chi connectivity index (χ0n) is 7.34. The summed E-state index contributed by atoms with van der Waals surface area (Å²) in [5.74, 6) is 0.639. The van der Waals surface area contributed by atoms with Crippen LogP contribution in [0.2, 0.25) is 0 Å². The van der Waals surface area contributed by atoms with Crippen LogP contribution in [0.3, 0.4) is 0 Å². The van der Waals surface area contributed by atoms with Crippen molar-refractivity contribution in [2.75, 3.05) is 13.2 Å². The van der Waals surface area contributed by atoms with Crippen LogP contribution in [-0.2, 0) is 0 Å². The van der Waals surface area contributed by atoms with Crippen molar-refractivity contribution >= 4 is 0 Å². The molecule has 2 nitrogen and oxygen atoms in total. The molecule has 0 aromatic carbocycles. The van der Waals surface area contributed by atoms with Crippen molar-refractivity contribution in [1.29, 1.82) is 0 Å². The van der Waals surface area contributed by atoms with Gasteiger partial charge >= 0.3 is 0 Å². The van der Waals surface area contributed by atoms with Crippen molar-refractivity contribution in [2.24, 2.45) is 5.92 Å². The van der Waals surface area contributed by atoms with Crippen LogP contribution in [0, 0.1) is 5.92 Å². The van der Waals surface area contributed by atoms with E-state index in [2.05, 4.69) is 12.2 Å². The zero-order valence-corrected chi connectivity index (χ0v) is 7.34. The molecule has 0 radical (unpaired) electrons. The van der Waals surface area contributed by atoms with Crippen LogP contribution in [-0.4, -0.2) is 24.3 Å². The first kappa shape index (κ1) is 9.01. The number of hydrogen-bond donors (Lipinski definition) is 2. The average Bonchev–Trinajstić information content (AvgIpc) is 2.07. The molecule has 1 aliphatic heterocycles. The van der Waals surface area contributed by atoms with Gasteiger partial charge in [0.2, 0.25) is 0 Å². The molecular weight excluding hydrogens is 138 g/mol. The molecule has 2 heteroatoms. The highest BCUT2D eigenvalue weighted by Gasteiger charge is 2.18. The lowest BCUT2D eigenvalue weighted by atomic mass is 9.91. The van der Waals surface area contributed by atoms with Gasteiger partial charge in [0.15, 0.2) is 0 Å². The zero-order chi connectivity index (χ0) is 8.10. The SMILES string of the molecule is CC(CCO)C1CCCCN1. The Bertz CT molecular complexity index is 99.7. The number of aliphatic hydroxyl groups is 1. The van der Waals surface area contributed by atoms with Gasteiger partial charge in [-0.2, -0.15) is 0 Å². The maximum Gasteiger partial charge on any atom is 0.0434 e. The van der Waals surface area contributed by atoms with Crippen molar-refractivity contribution in [3.8, 4) is 0 Å². The lowest BCUT2D eigenvalue weighted by Gasteiger charge is -2.28. The van der Waals surface area contributed by atoms with E-state index in [-0.39, 0.29) is 0 Å².